The standard InChI is InChI=1S/C23H23N3O5S2/c27-21(15-31-18-5-2-1-3-6-18)25-12-16-11-17(14-25)20-9-8-19(23(28)26(20)13-16)24-33(29,30)22-7-4-10-32-22/h1-10,16-17,24H,11-15H2. The number of fused-ring (bicyclic) bond motifs is 4. The number of pyridine rings is 1. The highest BCUT2D eigenvalue weighted by Crippen LogP contribution is 2.35. The Kier molecular flexibility index (Phi) is 5.71. The van der Waals surface area contributed by atoms with Gasteiger partial charge < -0.3 is 14.2 Å². The Hall–Kier alpha value is -3.11. The molecule has 2 bridgehead atoms. The summed E-state index contributed by atoms with van der Waals surface area (Å²) < 4.78 is 35.0. The molecular formula is C23H23N3O5S2. The quantitative estimate of drug-likeness (QED) is 0.579. The second kappa shape index (κ2) is 8.68. The van der Waals surface area contributed by atoms with Gasteiger partial charge in [-0.05, 0) is 48.1 Å². The minimum Gasteiger partial charge on any atom is -0.484 e. The summed E-state index contributed by atoms with van der Waals surface area (Å²) in [6, 6.07) is 15.7. The lowest BCUT2D eigenvalue weighted by molar-refractivity contribution is -0.136. The number of ether oxygens (including phenoxy) is 1. The summed E-state index contributed by atoms with van der Waals surface area (Å²) in [6.07, 6.45) is 0.892. The van der Waals surface area contributed by atoms with Gasteiger partial charge in [0, 0.05) is 31.2 Å². The molecule has 0 spiro atoms. The number of para-hydroxylation sites is 1. The normalized spacial score (nSPS) is 19.6. The van der Waals surface area contributed by atoms with Crippen LogP contribution in [-0.4, -0.2) is 43.5 Å². The van der Waals surface area contributed by atoms with E-state index in [0.717, 1.165) is 23.5 Å². The molecule has 2 aromatic heterocycles. The minimum absolute atomic E-state index is 0.0221. The van der Waals surface area contributed by atoms with Gasteiger partial charge in [-0.2, -0.15) is 0 Å². The number of carbonyl (C=O) groups is 1. The molecule has 1 fully saturated rings. The zero-order valence-corrected chi connectivity index (χ0v) is 19.3. The average Bonchev–Trinajstić information content (AvgIpc) is 3.36. The summed E-state index contributed by atoms with van der Waals surface area (Å²) >= 11 is 1.10. The smallest absolute Gasteiger partial charge is 0.275 e. The highest BCUT2D eigenvalue weighted by atomic mass is 32.2. The fraction of sp³-hybridized carbons (Fsp3) is 0.304. The van der Waals surface area contributed by atoms with Crippen molar-refractivity contribution in [1.29, 1.82) is 0 Å². The van der Waals surface area contributed by atoms with E-state index in [2.05, 4.69) is 4.72 Å². The zero-order chi connectivity index (χ0) is 23.0. The highest BCUT2D eigenvalue weighted by molar-refractivity contribution is 7.94. The average molecular weight is 486 g/mol. The molecule has 0 aliphatic carbocycles. The van der Waals surface area contributed by atoms with Crippen LogP contribution >= 0.6 is 11.3 Å². The number of carbonyl (C=O) groups excluding carboxylic acids is 1. The third-order valence-corrected chi connectivity index (χ3v) is 8.83. The van der Waals surface area contributed by atoms with Crippen molar-refractivity contribution in [3.8, 4) is 5.75 Å². The molecule has 33 heavy (non-hydrogen) atoms. The van der Waals surface area contributed by atoms with E-state index in [9.17, 15) is 18.0 Å². The van der Waals surface area contributed by atoms with Gasteiger partial charge in [0.05, 0.1) is 0 Å². The second-order valence-corrected chi connectivity index (χ2v) is 11.2. The van der Waals surface area contributed by atoms with Crippen LogP contribution in [0, 0.1) is 5.92 Å². The summed E-state index contributed by atoms with van der Waals surface area (Å²) in [7, 11) is -3.80. The fourth-order valence-corrected chi connectivity index (χ4v) is 6.64. The number of nitrogens with zero attached hydrogens (tertiary/aromatic N) is 2. The first-order valence-electron chi connectivity index (χ1n) is 10.7. The molecule has 4 heterocycles. The van der Waals surface area contributed by atoms with Crippen LogP contribution in [0.2, 0.25) is 0 Å². The molecule has 2 aliphatic rings. The number of sulfonamides is 1. The Morgan fingerprint density at radius 2 is 1.88 bits per heavy atom. The Morgan fingerprint density at radius 3 is 2.64 bits per heavy atom. The molecule has 10 heteroatoms. The predicted octanol–water partition coefficient (Wildman–Crippen LogP) is 2.74. The van der Waals surface area contributed by atoms with Crippen LogP contribution in [0.15, 0.2) is 69.0 Å². The number of hydrogen-bond donors (Lipinski definition) is 1. The van der Waals surface area contributed by atoms with E-state index in [4.69, 9.17) is 4.74 Å². The largest absolute Gasteiger partial charge is 0.484 e. The number of nitrogens with one attached hydrogen (secondary N) is 1. The van der Waals surface area contributed by atoms with E-state index < -0.39 is 10.0 Å². The zero-order valence-electron chi connectivity index (χ0n) is 17.7. The number of benzene rings is 1. The van der Waals surface area contributed by atoms with Gasteiger partial charge in [-0.1, -0.05) is 24.3 Å². The molecule has 2 atom stereocenters. The Morgan fingerprint density at radius 1 is 1.06 bits per heavy atom. The van der Waals surface area contributed by atoms with Gasteiger partial charge in [-0.3, -0.25) is 14.3 Å². The SMILES string of the molecule is O=C(COc1ccccc1)N1CC2CC(C1)c1ccc(NS(=O)(=O)c3cccs3)c(=O)n1C2. The monoisotopic (exact) mass is 485 g/mol. The third-order valence-electron chi connectivity index (χ3n) is 6.07. The molecule has 1 N–H and O–H groups in total. The summed E-state index contributed by atoms with van der Waals surface area (Å²) in [6.45, 7) is 1.47. The topological polar surface area (TPSA) is 97.7 Å². The number of amides is 1. The van der Waals surface area contributed by atoms with Crippen LogP contribution in [0.25, 0.3) is 0 Å². The summed E-state index contributed by atoms with van der Waals surface area (Å²) in [5, 5.41) is 1.67. The Bertz CT molecular complexity index is 1320. The van der Waals surface area contributed by atoms with Crippen molar-refractivity contribution in [3.63, 3.8) is 0 Å². The van der Waals surface area contributed by atoms with E-state index in [1.807, 2.05) is 35.2 Å². The van der Waals surface area contributed by atoms with Crippen molar-refractivity contribution >= 4 is 33.0 Å². The van der Waals surface area contributed by atoms with Crippen LogP contribution in [0.1, 0.15) is 18.0 Å². The molecule has 3 aromatic rings. The Balaban J connectivity index is 1.32. The predicted molar refractivity (Wildman–Crippen MR) is 125 cm³/mol. The van der Waals surface area contributed by atoms with Crippen molar-refractivity contribution in [3.05, 3.63) is 76.0 Å². The van der Waals surface area contributed by atoms with Gasteiger partial charge in [-0.25, -0.2) is 8.42 Å². The van der Waals surface area contributed by atoms with Crippen molar-refractivity contribution in [2.24, 2.45) is 5.92 Å². The molecule has 1 amide bonds. The molecule has 0 radical (unpaired) electrons. The minimum atomic E-state index is -3.80. The lowest BCUT2D eigenvalue weighted by Crippen LogP contribution is -2.50. The van der Waals surface area contributed by atoms with Crippen LogP contribution in [0.3, 0.4) is 0 Å². The van der Waals surface area contributed by atoms with E-state index in [0.29, 0.717) is 25.4 Å². The van der Waals surface area contributed by atoms with Crippen LogP contribution in [0.4, 0.5) is 5.69 Å². The molecular weight excluding hydrogens is 462 g/mol. The number of hydrogen-bond acceptors (Lipinski definition) is 6. The summed E-state index contributed by atoms with van der Waals surface area (Å²) in [4.78, 5) is 27.7. The van der Waals surface area contributed by atoms with Crippen LogP contribution in [0.5, 0.6) is 5.75 Å². The summed E-state index contributed by atoms with van der Waals surface area (Å²) in [5.74, 6) is 0.717. The number of anilines is 1. The van der Waals surface area contributed by atoms with Crippen molar-refractivity contribution < 1.29 is 17.9 Å². The maximum atomic E-state index is 13.1. The highest BCUT2D eigenvalue weighted by Gasteiger charge is 2.37. The van der Waals surface area contributed by atoms with E-state index in [1.54, 1.807) is 22.1 Å². The molecule has 1 aromatic carbocycles. The number of aromatic nitrogens is 1. The lowest BCUT2D eigenvalue weighted by atomic mass is 9.83. The lowest BCUT2D eigenvalue weighted by Gasteiger charge is -2.42. The molecule has 0 saturated carbocycles. The van der Waals surface area contributed by atoms with Gasteiger partial charge in [-0.15, -0.1) is 11.3 Å². The second-order valence-electron chi connectivity index (χ2n) is 8.32. The fourth-order valence-electron chi connectivity index (χ4n) is 4.59. The van der Waals surface area contributed by atoms with E-state index >= 15 is 0 Å². The molecule has 2 aliphatic heterocycles. The van der Waals surface area contributed by atoms with Gasteiger partial charge in [0.1, 0.15) is 15.6 Å². The van der Waals surface area contributed by atoms with Gasteiger partial charge in [0.2, 0.25) is 0 Å². The van der Waals surface area contributed by atoms with Crippen LogP contribution in [-0.2, 0) is 21.4 Å². The van der Waals surface area contributed by atoms with Crippen molar-refractivity contribution in [2.75, 3.05) is 24.4 Å². The molecule has 1 saturated heterocycles. The number of thiophene rings is 1. The molecule has 172 valence electrons. The first-order valence-corrected chi connectivity index (χ1v) is 13.0. The van der Waals surface area contributed by atoms with E-state index in [1.165, 1.54) is 12.1 Å². The Labute approximate surface area is 195 Å². The maximum absolute atomic E-state index is 13.1. The number of piperidine rings is 1. The molecule has 8 nitrogen and oxygen atoms in total. The van der Waals surface area contributed by atoms with Gasteiger partial charge in [0.25, 0.3) is 21.5 Å². The van der Waals surface area contributed by atoms with Gasteiger partial charge >= 0.3 is 0 Å². The third kappa shape index (κ3) is 4.40. The van der Waals surface area contributed by atoms with Crippen molar-refractivity contribution in [2.45, 2.75) is 23.1 Å². The first-order chi connectivity index (χ1) is 15.9. The van der Waals surface area contributed by atoms with Crippen LogP contribution < -0.4 is 15.0 Å². The number of rotatable bonds is 6. The molecule has 5 rings (SSSR count). The number of likely N-dealkylation sites (tertiary alicyclic amines) is 1. The first kappa shape index (κ1) is 21.7. The molecule has 2 unspecified atom stereocenters. The maximum Gasteiger partial charge on any atom is 0.275 e. The van der Waals surface area contributed by atoms with Crippen molar-refractivity contribution in [1.82, 2.24) is 9.47 Å². The van der Waals surface area contributed by atoms with E-state index in [-0.39, 0.29) is 39.8 Å². The van der Waals surface area contributed by atoms with Gasteiger partial charge in [0.15, 0.2) is 6.61 Å². The summed E-state index contributed by atoms with van der Waals surface area (Å²) in [5.41, 5.74) is 0.516.